The molecule has 2 nitrogen and oxygen atoms in total. The number of ketones is 1. The lowest BCUT2D eigenvalue weighted by atomic mass is 10.1. The van der Waals surface area contributed by atoms with Gasteiger partial charge in [0.15, 0.2) is 5.78 Å². The molecule has 2 heteroatoms. The highest BCUT2D eigenvalue weighted by molar-refractivity contribution is 5.95. The Labute approximate surface area is 90.9 Å². The summed E-state index contributed by atoms with van der Waals surface area (Å²) in [5.41, 5.74) is 3.32. The Balaban J connectivity index is 2.35. The molecular weight excluding hydrogens is 186 g/mol. The summed E-state index contributed by atoms with van der Waals surface area (Å²) < 4.78 is 0. The van der Waals surface area contributed by atoms with Crippen molar-refractivity contribution in [3.05, 3.63) is 29.3 Å². The first kappa shape index (κ1) is 10.2. The van der Waals surface area contributed by atoms with Crippen LogP contribution in [0.4, 0.5) is 5.69 Å². The fourth-order valence-electron chi connectivity index (χ4n) is 2.13. The first-order valence-corrected chi connectivity index (χ1v) is 5.55. The summed E-state index contributed by atoms with van der Waals surface area (Å²) in [6.45, 7) is 5.99. The van der Waals surface area contributed by atoms with Gasteiger partial charge < -0.3 is 4.90 Å². The van der Waals surface area contributed by atoms with Crippen LogP contribution in [0.25, 0.3) is 0 Å². The zero-order valence-corrected chi connectivity index (χ0v) is 9.42. The van der Waals surface area contributed by atoms with Crippen LogP contribution in [0.3, 0.4) is 0 Å². The molecule has 0 bridgehead atoms. The lowest BCUT2D eigenvalue weighted by Gasteiger charge is -2.20. The molecule has 1 heterocycles. The molecule has 1 aliphatic heterocycles. The third-order valence-electron chi connectivity index (χ3n) is 3.06. The van der Waals surface area contributed by atoms with Gasteiger partial charge in [0.2, 0.25) is 0 Å². The van der Waals surface area contributed by atoms with Gasteiger partial charge in [-0.05, 0) is 38.3 Å². The minimum absolute atomic E-state index is 0.149. The number of hydrogen-bond acceptors (Lipinski definition) is 2. The van der Waals surface area contributed by atoms with Gasteiger partial charge >= 0.3 is 0 Å². The van der Waals surface area contributed by atoms with E-state index in [0.29, 0.717) is 0 Å². The van der Waals surface area contributed by atoms with Crippen molar-refractivity contribution in [3.63, 3.8) is 0 Å². The Bertz CT molecular complexity index is 378. The zero-order chi connectivity index (χ0) is 10.8. The van der Waals surface area contributed by atoms with Crippen LogP contribution in [0, 0.1) is 6.92 Å². The number of benzene rings is 1. The number of aryl methyl sites for hydroxylation is 1. The molecule has 0 saturated carbocycles. The predicted molar refractivity (Wildman–Crippen MR) is 62.6 cm³/mol. The summed E-state index contributed by atoms with van der Waals surface area (Å²) in [7, 11) is 0. The van der Waals surface area contributed by atoms with E-state index in [1.807, 2.05) is 18.2 Å². The van der Waals surface area contributed by atoms with Crippen molar-refractivity contribution in [2.75, 3.05) is 18.0 Å². The van der Waals surface area contributed by atoms with Crippen LogP contribution < -0.4 is 4.90 Å². The molecule has 0 unspecified atom stereocenters. The maximum Gasteiger partial charge on any atom is 0.159 e. The van der Waals surface area contributed by atoms with Crippen molar-refractivity contribution >= 4 is 11.5 Å². The van der Waals surface area contributed by atoms with Gasteiger partial charge in [-0.1, -0.05) is 12.1 Å². The third-order valence-corrected chi connectivity index (χ3v) is 3.06. The monoisotopic (exact) mass is 203 g/mol. The molecular formula is C13H17NO. The molecule has 0 aromatic heterocycles. The van der Waals surface area contributed by atoms with Crippen molar-refractivity contribution in [1.82, 2.24) is 0 Å². The van der Waals surface area contributed by atoms with Crippen molar-refractivity contribution in [2.24, 2.45) is 0 Å². The van der Waals surface area contributed by atoms with Crippen LogP contribution >= 0.6 is 0 Å². The maximum absolute atomic E-state index is 11.3. The van der Waals surface area contributed by atoms with Gasteiger partial charge in [0.05, 0.1) is 0 Å². The number of nitrogens with zero attached hydrogens (tertiary/aromatic N) is 1. The summed E-state index contributed by atoms with van der Waals surface area (Å²) in [5.74, 6) is 0.149. The highest BCUT2D eigenvalue weighted by Gasteiger charge is 2.15. The predicted octanol–water partition coefficient (Wildman–Crippen LogP) is 2.80. The van der Waals surface area contributed by atoms with Gasteiger partial charge in [0, 0.05) is 24.3 Å². The molecule has 0 N–H and O–H groups in total. The van der Waals surface area contributed by atoms with E-state index in [0.717, 1.165) is 18.7 Å². The molecule has 1 aromatic rings. The molecule has 1 aromatic carbocycles. The summed E-state index contributed by atoms with van der Waals surface area (Å²) in [6, 6.07) is 5.99. The van der Waals surface area contributed by atoms with Gasteiger partial charge in [-0.15, -0.1) is 0 Å². The minimum atomic E-state index is 0.149. The molecule has 15 heavy (non-hydrogen) atoms. The highest BCUT2D eigenvalue weighted by Crippen LogP contribution is 2.25. The van der Waals surface area contributed by atoms with Crippen LogP contribution in [0.2, 0.25) is 0 Å². The van der Waals surface area contributed by atoms with E-state index in [4.69, 9.17) is 0 Å². The summed E-state index contributed by atoms with van der Waals surface area (Å²) >= 11 is 0. The molecule has 0 aliphatic carbocycles. The SMILES string of the molecule is CC(=O)c1ccc(C)c(N2CCCC2)c1. The van der Waals surface area contributed by atoms with Crippen molar-refractivity contribution in [2.45, 2.75) is 26.7 Å². The van der Waals surface area contributed by atoms with Crippen molar-refractivity contribution in [3.8, 4) is 0 Å². The van der Waals surface area contributed by atoms with Crippen LogP contribution in [-0.2, 0) is 0 Å². The second kappa shape index (κ2) is 4.05. The van der Waals surface area contributed by atoms with Gasteiger partial charge in [-0.25, -0.2) is 0 Å². The van der Waals surface area contributed by atoms with Crippen LogP contribution in [-0.4, -0.2) is 18.9 Å². The van der Waals surface area contributed by atoms with E-state index in [9.17, 15) is 4.79 Å². The van der Waals surface area contributed by atoms with E-state index < -0.39 is 0 Å². The first-order chi connectivity index (χ1) is 7.18. The summed E-state index contributed by atoms with van der Waals surface area (Å²) in [6.07, 6.45) is 2.54. The molecule has 1 fully saturated rings. The third kappa shape index (κ3) is 2.04. The fourth-order valence-corrected chi connectivity index (χ4v) is 2.13. The molecule has 2 rings (SSSR count). The Kier molecular flexibility index (Phi) is 2.76. The maximum atomic E-state index is 11.3. The van der Waals surface area contributed by atoms with Crippen LogP contribution in [0.1, 0.15) is 35.7 Å². The minimum Gasteiger partial charge on any atom is -0.371 e. The Morgan fingerprint density at radius 2 is 1.93 bits per heavy atom. The first-order valence-electron chi connectivity index (χ1n) is 5.55. The number of carbonyl (C=O) groups is 1. The summed E-state index contributed by atoms with van der Waals surface area (Å²) in [5, 5.41) is 0. The zero-order valence-electron chi connectivity index (χ0n) is 9.42. The van der Waals surface area contributed by atoms with E-state index in [2.05, 4.69) is 11.8 Å². The normalized spacial score (nSPS) is 15.7. The standard InChI is InChI=1S/C13H17NO/c1-10-5-6-12(11(2)15)9-13(10)14-7-3-4-8-14/h5-6,9H,3-4,7-8H2,1-2H3. The summed E-state index contributed by atoms with van der Waals surface area (Å²) in [4.78, 5) is 13.7. The van der Waals surface area contributed by atoms with Gasteiger partial charge in [-0.2, -0.15) is 0 Å². The second-order valence-corrected chi connectivity index (χ2v) is 4.25. The van der Waals surface area contributed by atoms with Crippen molar-refractivity contribution < 1.29 is 4.79 Å². The molecule has 0 atom stereocenters. The van der Waals surface area contributed by atoms with Gasteiger partial charge in [0.1, 0.15) is 0 Å². The lowest BCUT2D eigenvalue weighted by Crippen LogP contribution is -2.19. The average Bonchev–Trinajstić information content (AvgIpc) is 2.71. The largest absolute Gasteiger partial charge is 0.371 e. The van der Waals surface area contributed by atoms with Gasteiger partial charge in [-0.3, -0.25) is 4.79 Å². The molecule has 1 aliphatic rings. The smallest absolute Gasteiger partial charge is 0.159 e. The number of carbonyl (C=O) groups excluding carboxylic acids is 1. The topological polar surface area (TPSA) is 20.3 Å². The second-order valence-electron chi connectivity index (χ2n) is 4.25. The molecule has 0 amide bonds. The van der Waals surface area contributed by atoms with Crippen LogP contribution in [0.15, 0.2) is 18.2 Å². The molecule has 0 spiro atoms. The average molecular weight is 203 g/mol. The molecule has 0 radical (unpaired) electrons. The van der Waals surface area contributed by atoms with Crippen molar-refractivity contribution in [1.29, 1.82) is 0 Å². The lowest BCUT2D eigenvalue weighted by molar-refractivity contribution is 0.101. The quantitative estimate of drug-likeness (QED) is 0.689. The fraction of sp³-hybridized carbons (Fsp3) is 0.462. The Hall–Kier alpha value is -1.31. The van der Waals surface area contributed by atoms with E-state index in [-0.39, 0.29) is 5.78 Å². The molecule has 1 saturated heterocycles. The molecule has 80 valence electrons. The van der Waals surface area contributed by atoms with Crippen LogP contribution in [0.5, 0.6) is 0 Å². The van der Waals surface area contributed by atoms with E-state index in [1.54, 1.807) is 6.92 Å². The number of anilines is 1. The van der Waals surface area contributed by atoms with E-state index >= 15 is 0 Å². The van der Waals surface area contributed by atoms with E-state index in [1.165, 1.54) is 24.1 Å². The Morgan fingerprint density at radius 1 is 1.27 bits per heavy atom. The Morgan fingerprint density at radius 3 is 2.53 bits per heavy atom. The van der Waals surface area contributed by atoms with Gasteiger partial charge in [0.25, 0.3) is 0 Å². The number of rotatable bonds is 2. The number of hydrogen-bond donors (Lipinski definition) is 0. The number of Topliss-reactive ketones (excluding diaryl/α,β-unsaturated/α-hetero) is 1. The highest BCUT2D eigenvalue weighted by atomic mass is 16.1.